The van der Waals surface area contributed by atoms with Crippen LogP contribution >= 0.6 is 0 Å². The predicted octanol–water partition coefficient (Wildman–Crippen LogP) is 2.04. The lowest BCUT2D eigenvalue weighted by Crippen LogP contribution is -2.15. The smallest absolute Gasteiger partial charge is 0.225 e. The van der Waals surface area contributed by atoms with Crippen LogP contribution in [0.5, 0.6) is 0 Å². The van der Waals surface area contributed by atoms with Gasteiger partial charge in [-0.05, 0) is 17.5 Å². The van der Waals surface area contributed by atoms with E-state index in [1.165, 1.54) is 0 Å². The number of para-hydroxylation sites is 1. The molecular formula is C17H24N8. The molecule has 8 nitrogen and oxygen atoms in total. The number of nitrogens with zero attached hydrogens (tertiary/aromatic N) is 3. The molecule has 0 unspecified atom stereocenters. The van der Waals surface area contributed by atoms with Gasteiger partial charge in [0, 0.05) is 25.3 Å². The van der Waals surface area contributed by atoms with Crippen molar-refractivity contribution in [1.29, 1.82) is 0 Å². The van der Waals surface area contributed by atoms with E-state index in [1.807, 2.05) is 24.3 Å². The van der Waals surface area contributed by atoms with Crippen LogP contribution in [-0.2, 0) is 6.54 Å². The Labute approximate surface area is 146 Å². The number of fused-ring (bicyclic) bond motifs is 1. The summed E-state index contributed by atoms with van der Waals surface area (Å²) in [6, 6.07) is 7.74. The van der Waals surface area contributed by atoms with Crippen molar-refractivity contribution in [3.8, 4) is 0 Å². The van der Waals surface area contributed by atoms with Gasteiger partial charge in [-0.3, -0.25) is 5.10 Å². The quantitative estimate of drug-likeness (QED) is 0.416. The van der Waals surface area contributed by atoms with E-state index in [9.17, 15) is 0 Å². The highest BCUT2D eigenvalue weighted by Gasteiger charge is 2.16. The zero-order valence-corrected chi connectivity index (χ0v) is 14.5. The van der Waals surface area contributed by atoms with Crippen LogP contribution in [0.25, 0.3) is 11.0 Å². The first-order valence-corrected chi connectivity index (χ1v) is 8.37. The molecule has 0 aliphatic rings. The number of benzene rings is 1. The van der Waals surface area contributed by atoms with Gasteiger partial charge >= 0.3 is 0 Å². The highest BCUT2D eigenvalue weighted by molar-refractivity contribution is 5.88. The molecule has 0 saturated heterocycles. The van der Waals surface area contributed by atoms with Gasteiger partial charge in [0.05, 0.1) is 5.69 Å². The summed E-state index contributed by atoms with van der Waals surface area (Å²) in [7, 11) is 0. The highest BCUT2D eigenvalue weighted by Crippen LogP contribution is 2.27. The fraction of sp³-hybridized carbons (Fsp3) is 0.353. The minimum absolute atomic E-state index is 0.278. The molecule has 0 aliphatic carbocycles. The zero-order valence-electron chi connectivity index (χ0n) is 14.5. The van der Waals surface area contributed by atoms with Gasteiger partial charge in [-0.25, -0.2) is 4.98 Å². The second kappa shape index (κ2) is 7.35. The molecule has 25 heavy (non-hydrogen) atoms. The van der Waals surface area contributed by atoms with Gasteiger partial charge in [0.15, 0.2) is 11.3 Å². The second-order valence-electron chi connectivity index (χ2n) is 6.15. The summed E-state index contributed by atoms with van der Waals surface area (Å²) in [5, 5.41) is 13.9. The van der Waals surface area contributed by atoms with E-state index < -0.39 is 0 Å². The molecule has 1 aromatic carbocycles. The van der Waals surface area contributed by atoms with Crippen molar-refractivity contribution < 1.29 is 0 Å². The highest BCUT2D eigenvalue weighted by atomic mass is 15.2. The molecule has 0 radical (unpaired) electrons. The summed E-state index contributed by atoms with van der Waals surface area (Å²) in [6.45, 7) is 5.86. The Kier molecular flexibility index (Phi) is 4.99. The minimum atomic E-state index is 0.278. The van der Waals surface area contributed by atoms with Gasteiger partial charge in [0.2, 0.25) is 5.95 Å². The molecule has 0 aliphatic heterocycles. The number of nitrogen functional groups attached to an aromatic ring is 1. The third kappa shape index (κ3) is 3.63. The maximum absolute atomic E-state index is 6.02. The number of aromatic nitrogens is 4. The molecule has 3 rings (SSSR count). The van der Waals surface area contributed by atoms with Gasteiger partial charge in [-0.1, -0.05) is 32.0 Å². The number of H-pyrrole nitrogens is 1. The van der Waals surface area contributed by atoms with Gasteiger partial charge in [-0.15, -0.1) is 0 Å². The molecule has 132 valence electrons. The largest absolute Gasteiger partial charge is 0.398 e. The first-order chi connectivity index (χ1) is 12.1. The second-order valence-corrected chi connectivity index (χ2v) is 6.15. The summed E-state index contributed by atoms with van der Waals surface area (Å²) >= 11 is 0. The number of hydrogen-bond acceptors (Lipinski definition) is 7. The Morgan fingerprint density at radius 2 is 1.92 bits per heavy atom. The summed E-state index contributed by atoms with van der Waals surface area (Å²) in [4.78, 5) is 9.13. The van der Waals surface area contributed by atoms with Crippen molar-refractivity contribution in [1.82, 2.24) is 20.2 Å². The van der Waals surface area contributed by atoms with Crippen LogP contribution in [0, 0.1) is 0 Å². The number of rotatable bonds is 7. The molecule has 2 aromatic heterocycles. The molecular weight excluding hydrogens is 316 g/mol. The van der Waals surface area contributed by atoms with Crippen molar-refractivity contribution in [3.05, 3.63) is 35.5 Å². The number of anilines is 3. The molecule has 0 amide bonds. The number of nitrogens with one attached hydrogen (secondary N) is 3. The SMILES string of the molecule is CC(C)c1[nH]nc2c(NCc3ccccc3N)nc(NCCN)nc12. The molecule has 0 atom stereocenters. The maximum atomic E-state index is 6.02. The summed E-state index contributed by atoms with van der Waals surface area (Å²) in [5.74, 6) is 1.47. The molecule has 3 aromatic rings. The van der Waals surface area contributed by atoms with E-state index in [4.69, 9.17) is 11.5 Å². The Hall–Kier alpha value is -2.87. The lowest BCUT2D eigenvalue weighted by Gasteiger charge is -2.11. The van der Waals surface area contributed by atoms with E-state index in [1.54, 1.807) is 0 Å². The lowest BCUT2D eigenvalue weighted by atomic mass is 10.1. The van der Waals surface area contributed by atoms with Crippen LogP contribution in [-0.4, -0.2) is 33.3 Å². The van der Waals surface area contributed by atoms with E-state index in [2.05, 4.69) is 44.6 Å². The Balaban J connectivity index is 1.96. The monoisotopic (exact) mass is 340 g/mol. The molecule has 8 heteroatoms. The fourth-order valence-corrected chi connectivity index (χ4v) is 2.58. The predicted molar refractivity (Wildman–Crippen MR) is 101 cm³/mol. The Morgan fingerprint density at radius 1 is 1.12 bits per heavy atom. The molecule has 0 bridgehead atoms. The van der Waals surface area contributed by atoms with Crippen LogP contribution in [0.15, 0.2) is 24.3 Å². The molecule has 0 saturated carbocycles. The fourth-order valence-electron chi connectivity index (χ4n) is 2.58. The Bertz CT molecular complexity index is 855. The molecule has 0 spiro atoms. The van der Waals surface area contributed by atoms with Gasteiger partial charge in [0.1, 0.15) is 5.52 Å². The van der Waals surface area contributed by atoms with Crippen LogP contribution in [0.1, 0.15) is 31.0 Å². The van der Waals surface area contributed by atoms with Gasteiger partial charge in [-0.2, -0.15) is 10.1 Å². The standard InChI is InChI=1S/C17H24N8/c1-10(2)13-14-15(25-24-13)16(23-17(22-14)20-8-7-18)21-9-11-5-3-4-6-12(11)19/h3-6,10H,7-9,18-19H2,1-2H3,(H,24,25)(H2,20,21,22,23). The average molecular weight is 340 g/mol. The van der Waals surface area contributed by atoms with Crippen molar-refractivity contribution in [2.75, 3.05) is 29.5 Å². The summed E-state index contributed by atoms with van der Waals surface area (Å²) in [6.07, 6.45) is 0. The minimum Gasteiger partial charge on any atom is -0.398 e. The number of nitrogens with two attached hydrogens (primary N) is 2. The first kappa shape index (κ1) is 17.0. The Morgan fingerprint density at radius 3 is 2.64 bits per heavy atom. The van der Waals surface area contributed by atoms with Crippen LogP contribution in [0.4, 0.5) is 17.5 Å². The van der Waals surface area contributed by atoms with Gasteiger partial charge < -0.3 is 22.1 Å². The van der Waals surface area contributed by atoms with Crippen LogP contribution < -0.4 is 22.1 Å². The van der Waals surface area contributed by atoms with Crippen LogP contribution in [0.3, 0.4) is 0 Å². The third-order valence-electron chi connectivity index (χ3n) is 3.93. The first-order valence-electron chi connectivity index (χ1n) is 8.37. The lowest BCUT2D eigenvalue weighted by molar-refractivity contribution is 0.815. The third-order valence-corrected chi connectivity index (χ3v) is 3.93. The van der Waals surface area contributed by atoms with E-state index in [0.717, 1.165) is 28.0 Å². The van der Waals surface area contributed by atoms with Crippen LogP contribution in [0.2, 0.25) is 0 Å². The molecule has 7 N–H and O–H groups in total. The zero-order chi connectivity index (χ0) is 17.8. The number of hydrogen-bond donors (Lipinski definition) is 5. The van der Waals surface area contributed by atoms with E-state index in [0.29, 0.717) is 31.4 Å². The normalized spacial score (nSPS) is 11.2. The molecule has 2 heterocycles. The van der Waals surface area contributed by atoms with E-state index in [-0.39, 0.29) is 5.92 Å². The van der Waals surface area contributed by atoms with E-state index >= 15 is 0 Å². The van der Waals surface area contributed by atoms with Crippen molar-refractivity contribution in [2.24, 2.45) is 5.73 Å². The summed E-state index contributed by atoms with van der Waals surface area (Å²) in [5.41, 5.74) is 15.8. The van der Waals surface area contributed by atoms with Crippen molar-refractivity contribution in [2.45, 2.75) is 26.3 Å². The van der Waals surface area contributed by atoms with Crippen molar-refractivity contribution in [3.63, 3.8) is 0 Å². The molecule has 0 fully saturated rings. The maximum Gasteiger partial charge on any atom is 0.225 e. The van der Waals surface area contributed by atoms with Gasteiger partial charge in [0.25, 0.3) is 0 Å². The number of aromatic amines is 1. The average Bonchev–Trinajstić information content (AvgIpc) is 3.03. The topological polar surface area (TPSA) is 131 Å². The van der Waals surface area contributed by atoms with Crippen molar-refractivity contribution >= 4 is 28.5 Å². The summed E-state index contributed by atoms with van der Waals surface area (Å²) < 4.78 is 0.